The topological polar surface area (TPSA) is 77.2 Å². The van der Waals surface area contributed by atoms with Gasteiger partial charge in [-0.15, -0.1) is 10.2 Å². The van der Waals surface area contributed by atoms with Crippen molar-refractivity contribution >= 4 is 5.91 Å². The zero-order valence-electron chi connectivity index (χ0n) is 10.8. The van der Waals surface area contributed by atoms with Gasteiger partial charge in [-0.1, -0.05) is 12.1 Å². The third-order valence-electron chi connectivity index (χ3n) is 2.53. The van der Waals surface area contributed by atoms with Crippen molar-refractivity contribution in [3.8, 4) is 5.75 Å². The van der Waals surface area contributed by atoms with Crippen LogP contribution in [0.3, 0.4) is 0 Å². The number of methoxy groups -OCH3 is 1. The van der Waals surface area contributed by atoms with Crippen molar-refractivity contribution in [2.75, 3.05) is 7.11 Å². The highest BCUT2D eigenvalue weighted by Gasteiger charge is 2.06. The summed E-state index contributed by atoms with van der Waals surface area (Å²) in [4.78, 5) is 11.7. The van der Waals surface area contributed by atoms with E-state index in [0.717, 1.165) is 11.3 Å². The first-order valence-corrected chi connectivity index (χ1v) is 5.86. The number of hydrogen-bond acceptors (Lipinski definition) is 5. The minimum absolute atomic E-state index is 0.0963. The van der Waals surface area contributed by atoms with Crippen molar-refractivity contribution in [2.45, 2.75) is 19.9 Å². The Bertz CT molecular complexity index is 549. The summed E-state index contributed by atoms with van der Waals surface area (Å²) >= 11 is 0. The van der Waals surface area contributed by atoms with E-state index < -0.39 is 0 Å². The molecule has 100 valence electrons. The zero-order chi connectivity index (χ0) is 13.7. The highest BCUT2D eigenvalue weighted by Crippen LogP contribution is 2.11. The molecule has 0 saturated heterocycles. The third kappa shape index (κ3) is 3.80. The normalized spacial score (nSPS) is 10.2. The average molecular weight is 261 g/mol. The maximum atomic E-state index is 11.7. The minimum atomic E-state index is -0.0963. The summed E-state index contributed by atoms with van der Waals surface area (Å²) < 4.78 is 10.2. The summed E-state index contributed by atoms with van der Waals surface area (Å²) in [5, 5.41) is 10.2. The number of benzene rings is 1. The summed E-state index contributed by atoms with van der Waals surface area (Å²) in [7, 11) is 1.61. The van der Waals surface area contributed by atoms with Crippen molar-refractivity contribution in [3.05, 3.63) is 41.6 Å². The highest BCUT2D eigenvalue weighted by atomic mass is 16.5. The van der Waals surface area contributed by atoms with E-state index in [2.05, 4.69) is 15.5 Å². The third-order valence-corrected chi connectivity index (χ3v) is 2.53. The lowest BCUT2D eigenvalue weighted by Crippen LogP contribution is -2.24. The SMILES string of the molecule is COc1ccc(CC(=O)NCc2nnc(C)o2)cc1. The highest BCUT2D eigenvalue weighted by molar-refractivity contribution is 5.78. The van der Waals surface area contributed by atoms with E-state index in [1.54, 1.807) is 14.0 Å². The zero-order valence-corrected chi connectivity index (χ0v) is 10.8. The standard InChI is InChI=1S/C13H15N3O3/c1-9-15-16-13(19-9)8-14-12(17)7-10-3-5-11(18-2)6-4-10/h3-6H,7-8H2,1-2H3,(H,14,17). The van der Waals surface area contributed by atoms with Crippen molar-refractivity contribution in [3.63, 3.8) is 0 Å². The van der Waals surface area contributed by atoms with Crippen LogP contribution in [-0.2, 0) is 17.8 Å². The Morgan fingerprint density at radius 2 is 2.05 bits per heavy atom. The predicted octanol–water partition coefficient (Wildman–Crippen LogP) is 1.25. The van der Waals surface area contributed by atoms with Gasteiger partial charge in [0.1, 0.15) is 5.75 Å². The molecule has 6 heteroatoms. The van der Waals surface area contributed by atoms with E-state index >= 15 is 0 Å². The first kappa shape index (κ1) is 13.1. The number of amides is 1. The second-order valence-corrected chi connectivity index (χ2v) is 4.02. The molecule has 0 saturated carbocycles. The predicted molar refractivity (Wildman–Crippen MR) is 67.6 cm³/mol. The van der Waals surface area contributed by atoms with Gasteiger partial charge >= 0.3 is 0 Å². The molecule has 0 fully saturated rings. The number of carbonyl (C=O) groups is 1. The lowest BCUT2D eigenvalue weighted by molar-refractivity contribution is -0.120. The van der Waals surface area contributed by atoms with Gasteiger partial charge < -0.3 is 14.5 Å². The van der Waals surface area contributed by atoms with Crippen LogP contribution >= 0.6 is 0 Å². The monoisotopic (exact) mass is 261 g/mol. The van der Waals surface area contributed by atoms with Crippen LogP contribution < -0.4 is 10.1 Å². The molecule has 1 N–H and O–H groups in total. The van der Waals surface area contributed by atoms with E-state index in [9.17, 15) is 4.79 Å². The quantitative estimate of drug-likeness (QED) is 0.876. The number of ether oxygens (including phenoxy) is 1. The van der Waals surface area contributed by atoms with Crippen LogP contribution in [0.2, 0.25) is 0 Å². The molecule has 1 heterocycles. The number of nitrogens with zero attached hydrogens (tertiary/aromatic N) is 2. The fourth-order valence-corrected chi connectivity index (χ4v) is 1.57. The fraction of sp³-hybridized carbons (Fsp3) is 0.308. The van der Waals surface area contributed by atoms with Gasteiger partial charge in [0.15, 0.2) is 0 Å². The van der Waals surface area contributed by atoms with Gasteiger partial charge in [-0.05, 0) is 17.7 Å². The Labute approximate surface area is 110 Å². The molecular weight excluding hydrogens is 246 g/mol. The van der Waals surface area contributed by atoms with E-state index in [0.29, 0.717) is 18.2 Å². The van der Waals surface area contributed by atoms with Gasteiger partial charge in [0.05, 0.1) is 20.1 Å². The van der Waals surface area contributed by atoms with Gasteiger partial charge in [0, 0.05) is 6.92 Å². The summed E-state index contributed by atoms with van der Waals surface area (Å²) in [5.74, 6) is 1.56. The maximum absolute atomic E-state index is 11.7. The molecule has 0 aliphatic carbocycles. The van der Waals surface area contributed by atoms with E-state index in [4.69, 9.17) is 9.15 Å². The van der Waals surface area contributed by atoms with Crippen LogP contribution in [0.4, 0.5) is 0 Å². The van der Waals surface area contributed by atoms with Gasteiger partial charge in [-0.3, -0.25) is 4.79 Å². The Morgan fingerprint density at radius 1 is 1.32 bits per heavy atom. The minimum Gasteiger partial charge on any atom is -0.497 e. The molecular formula is C13H15N3O3. The summed E-state index contributed by atoms with van der Waals surface area (Å²) in [6.45, 7) is 1.95. The molecule has 0 radical (unpaired) electrons. The Kier molecular flexibility index (Phi) is 4.12. The molecule has 0 unspecified atom stereocenters. The molecule has 1 amide bonds. The van der Waals surface area contributed by atoms with Crippen molar-refractivity contribution < 1.29 is 13.9 Å². The molecule has 6 nitrogen and oxygen atoms in total. The molecule has 0 atom stereocenters. The number of carbonyl (C=O) groups excluding carboxylic acids is 1. The van der Waals surface area contributed by atoms with Gasteiger partial charge in [-0.25, -0.2) is 0 Å². The van der Waals surface area contributed by atoms with Crippen molar-refractivity contribution in [1.29, 1.82) is 0 Å². The lowest BCUT2D eigenvalue weighted by Gasteiger charge is -2.04. The Morgan fingerprint density at radius 3 is 2.63 bits per heavy atom. The Balaban J connectivity index is 1.83. The molecule has 1 aromatic heterocycles. The summed E-state index contributed by atoms with van der Waals surface area (Å²) in [6, 6.07) is 7.36. The molecule has 0 aliphatic heterocycles. The van der Waals surface area contributed by atoms with Crippen LogP contribution in [0.25, 0.3) is 0 Å². The second kappa shape index (κ2) is 5.99. The van der Waals surface area contributed by atoms with E-state index in [1.807, 2.05) is 24.3 Å². The number of aromatic nitrogens is 2. The molecule has 0 bridgehead atoms. The molecule has 2 rings (SSSR count). The molecule has 1 aromatic carbocycles. The summed E-state index contributed by atoms with van der Waals surface area (Å²) in [5.41, 5.74) is 0.917. The largest absolute Gasteiger partial charge is 0.497 e. The molecule has 0 spiro atoms. The van der Waals surface area contributed by atoms with Crippen LogP contribution in [-0.4, -0.2) is 23.2 Å². The molecule has 19 heavy (non-hydrogen) atoms. The number of aryl methyl sites for hydroxylation is 1. The van der Waals surface area contributed by atoms with Crippen LogP contribution in [0.5, 0.6) is 5.75 Å². The molecule has 0 aliphatic rings. The smallest absolute Gasteiger partial charge is 0.235 e. The number of rotatable bonds is 5. The van der Waals surface area contributed by atoms with Gasteiger partial charge in [0.25, 0.3) is 0 Å². The van der Waals surface area contributed by atoms with Crippen LogP contribution in [0, 0.1) is 6.92 Å². The molecule has 2 aromatic rings. The first-order valence-electron chi connectivity index (χ1n) is 5.86. The van der Waals surface area contributed by atoms with Gasteiger partial charge in [0.2, 0.25) is 17.7 Å². The van der Waals surface area contributed by atoms with Crippen molar-refractivity contribution in [2.24, 2.45) is 0 Å². The van der Waals surface area contributed by atoms with Crippen LogP contribution in [0.1, 0.15) is 17.3 Å². The number of nitrogens with one attached hydrogen (secondary N) is 1. The lowest BCUT2D eigenvalue weighted by atomic mass is 10.1. The maximum Gasteiger partial charge on any atom is 0.235 e. The van der Waals surface area contributed by atoms with E-state index in [-0.39, 0.29) is 12.5 Å². The summed E-state index contributed by atoms with van der Waals surface area (Å²) in [6.07, 6.45) is 0.303. The number of hydrogen-bond donors (Lipinski definition) is 1. The second-order valence-electron chi connectivity index (χ2n) is 4.02. The average Bonchev–Trinajstić information content (AvgIpc) is 2.83. The van der Waals surface area contributed by atoms with Gasteiger partial charge in [-0.2, -0.15) is 0 Å². The Hall–Kier alpha value is -2.37. The van der Waals surface area contributed by atoms with Crippen molar-refractivity contribution in [1.82, 2.24) is 15.5 Å². The van der Waals surface area contributed by atoms with Crippen LogP contribution in [0.15, 0.2) is 28.7 Å². The van der Waals surface area contributed by atoms with E-state index in [1.165, 1.54) is 0 Å². The fourth-order valence-electron chi connectivity index (χ4n) is 1.57. The first-order chi connectivity index (χ1) is 9.17.